The highest BCUT2D eigenvalue weighted by Gasteiger charge is 2.50. The Morgan fingerprint density at radius 1 is 1.27 bits per heavy atom. The summed E-state index contributed by atoms with van der Waals surface area (Å²) in [6.45, 7) is 1.14. The van der Waals surface area contributed by atoms with Gasteiger partial charge in [-0.2, -0.15) is 0 Å². The molecule has 2 fully saturated rings. The lowest BCUT2D eigenvalue weighted by atomic mass is 10.1. The Hall–Kier alpha value is -2.03. The van der Waals surface area contributed by atoms with Gasteiger partial charge in [-0.1, -0.05) is 12.1 Å². The summed E-state index contributed by atoms with van der Waals surface area (Å²) in [5, 5.41) is 12.1. The number of quaternary nitrogens is 1. The molecule has 0 aliphatic carbocycles. The second-order valence-corrected chi connectivity index (χ2v) is 5.60. The van der Waals surface area contributed by atoms with E-state index in [1.165, 1.54) is 0 Å². The number of aromatic nitrogens is 4. The molecule has 22 heavy (non-hydrogen) atoms. The van der Waals surface area contributed by atoms with Gasteiger partial charge < -0.3 is 19.9 Å². The fourth-order valence-corrected chi connectivity index (χ4v) is 3.14. The molecule has 8 nitrogen and oxygen atoms in total. The van der Waals surface area contributed by atoms with Gasteiger partial charge in [-0.25, -0.2) is 4.68 Å². The Labute approximate surface area is 127 Å². The van der Waals surface area contributed by atoms with E-state index in [-0.39, 0.29) is 24.3 Å². The van der Waals surface area contributed by atoms with Crippen molar-refractivity contribution in [3.63, 3.8) is 0 Å². The van der Waals surface area contributed by atoms with Gasteiger partial charge in [0, 0.05) is 5.56 Å². The lowest BCUT2D eigenvalue weighted by molar-refractivity contribution is -0.430. The first-order valence-electron chi connectivity index (χ1n) is 7.26. The Morgan fingerprint density at radius 2 is 2.14 bits per heavy atom. The van der Waals surface area contributed by atoms with E-state index in [2.05, 4.69) is 21.3 Å². The van der Waals surface area contributed by atoms with Crippen LogP contribution in [0.1, 0.15) is 6.04 Å². The van der Waals surface area contributed by atoms with Gasteiger partial charge in [0.1, 0.15) is 36.6 Å². The third-order valence-electron chi connectivity index (χ3n) is 4.26. The van der Waals surface area contributed by atoms with Gasteiger partial charge in [0.05, 0.1) is 13.7 Å². The lowest BCUT2D eigenvalue weighted by Crippen LogP contribution is -2.66. The summed E-state index contributed by atoms with van der Waals surface area (Å²) in [6.07, 6.45) is -0.0253. The van der Waals surface area contributed by atoms with Gasteiger partial charge in [-0.15, -0.1) is 5.10 Å². The van der Waals surface area contributed by atoms with Crippen molar-refractivity contribution < 1.29 is 19.9 Å². The number of hydrogen-bond donors (Lipinski definition) is 1. The summed E-state index contributed by atoms with van der Waals surface area (Å²) in [5.74, 6) is 1.45. The van der Waals surface area contributed by atoms with Crippen LogP contribution in [-0.2, 0) is 9.47 Å². The normalized spacial score (nSPS) is 30.5. The van der Waals surface area contributed by atoms with E-state index in [1.807, 2.05) is 24.3 Å². The second kappa shape index (κ2) is 5.31. The summed E-state index contributed by atoms with van der Waals surface area (Å²) < 4.78 is 18.7. The monoisotopic (exact) mass is 304 g/mol. The third kappa shape index (κ3) is 2.07. The van der Waals surface area contributed by atoms with Gasteiger partial charge in [-0.05, 0) is 22.6 Å². The van der Waals surface area contributed by atoms with Crippen LogP contribution < -0.4 is 10.5 Å². The zero-order valence-electron chi connectivity index (χ0n) is 12.3. The predicted octanol–water partition coefficient (Wildman–Crippen LogP) is -0.702. The summed E-state index contributed by atoms with van der Waals surface area (Å²) in [5.41, 5.74) is 4.97. The minimum Gasteiger partial charge on any atom is -0.497 e. The number of ether oxygens (including phenoxy) is 3. The quantitative estimate of drug-likeness (QED) is 0.805. The van der Waals surface area contributed by atoms with E-state index in [1.54, 1.807) is 11.8 Å². The van der Waals surface area contributed by atoms with E-state index in [0.29, 0.717) is 19.0 Å². The van der Waals surface area contributed by atoms with E-state index < -0.39 is 0 Å². The number of fused-ring (bicyclic) bond motifs is 1. The van der Waals surface area contributed by atoms with Crippen LogP contribution in [0.25, 0.3) is 11.4 Å². The highest BCUT2D eigenvalue weighted by atomic mass is 16.6. The fraction of sp³-hybridized carbons (Fsp3) is 0.500. The van der Waals surface area contributed by atoms with Gasteiger partial charge >= 0.3 is 0 Å². The SMILES string of the molecule is COc1cccc(-c2nnnn2[C@H]2CO[C@H]3[C@@H]2OC[C@@H]3[NH3+])c1. The zero-order chi connectivity index (χ0) is 15.1. The number of hydrogen-bond acceptors (Lipinski definition) is 6. The van der Waals surface area contributed by atoms with E-state index in [4.69, 9.17) is 14.2 Å². The molecule has 0 bridgehead atoms. The van der Waals surface area contributed by atoms with Crippen molar-refractivity contribution in [3.8, 4) is 17.1 Å². The Bertz CT molecular complexity index is 676. The maximum atomic E-state index is 5.83. The molecular formula is C14H18N5O3+. The smallest absolute Gasteiger partial charge is 0.182 e. The van der Waals surface area contributed by atoms with Crippen LogP contribution in [0, 0.1) is 0 Å². The molecule has 116 valence electrons. The number of methoxy groups -OCH3 is 1. The maximum absolute atomic E-state index is 5.83. The molecule has 2 aliphatic heterocycles. The van der Waals surface area contributed by atoms with E-state index in [0.717, 1.165) is 11.3 Å². The minimum atomic E-state index is -0.0460. The Morgan fingerprint density at radius 3 is 3.00 bits per heavy atom. The highest BCUT2D eigenvalue weighted by molar-refractivity contribution is 5.57. The van der Waals surface area contributed by atoms with Gasteiger partial charge in [0.25, 0.3) is 0 Å². The minimum absolute atomic E-state index is 0.0207. The van der Waals surface area contributed by atoms with Crippen LogP contribution in [0.2, 0.25) is 0 Å². The molecule has 0 spiro atoms. The molecular weight excluding hydrogens is 286 g/mol. The van der Waals surface area contributed by atoms with Crippen LogP contribution in [-0.4, -0.2) is 58.8 Å². The molecule has 2 saturated heterocycles. The van der Waals surface area contributed by atoms with Gasteiger partial charge in [-0.3, -0.25) is 0 Å². The largest absolute Gasteiger partial charge is 0.497 e. The molecule has 0 radical (unpaired) electrons. The Kier molecular flexibility index (Phi) is 3.29. The topological polar surface area (TPSA) is 98.9 Å². The molecule has 1 aromatic carbocycles. The van der Waals surface area contributed by atoms with Crippen molar-refractivity contribution in [1.82, 2.24) is 20.2 Å². The maximum Gasteiger partial charge on any atom is 0.182 e. The summed E-state index contributed by atoms with van der Waals surface area (Å²) in [4.78, 5) is 0. The van der Waals surface area contributed by atoms with Crippen LogP contribution in [0.15, 0.2) is 24.3 Å². The number of tetrazole rings is 1. The summed E-state index contributed by atoms with van der Waals surface area (Å²) in [7, 11) is 1.64. The first-order chi connectivity index (χ1) is 10.8. The highest BCUT2D eigenvalue weighted by Crippen LogP contribution is 2.34. The summed E-state index contributed by atoms with van der Waals surface area (Å²) >= 11 is 0. The van der Waals surface area contributed by atoms with Gasteiger partial charge in [0.2, 0.25) is 0 Å². The lowest BCUT2D eigenvalue weighted by Gasteiger charge is -2.16. The van der Waals surface area contributed by atoms with Crippen molar-refractivity contribution in [2.45, 2.75) is 24.3 Å². The fourth-order valence-electron chi connectivity index (χ4n) is 3.14. The van der Waals surface area contributed by atoms with E-state index in [9.17, 15) is 0 Å². The zero-order valence-corrected chi connectivity index (χ0v) is 12.3. The number of nitrogens with zero attached hydrogens (tertiary/aromatic N) is 4. The second-order valence-electron chi connectivity index (χ2n) is 5.60. The molecule has 0 amide bonds. The number of rotatable bonds is 3. The molecule has 0 unspecified atom stereocenters. The van der Waals surface area contributed by atoms with Crippen LogP contribution in [0.5, 0.6) is 5.75 Å². The average molecular weight is 304 g/mol. The van der Waals surface area contributed by atoms with Crippen LogP contribution >= 0.6 is 0 Å². The van der Waals surface area contributed by atoms with Crippen molar-refractivity contribution in [2.75, 3.05) is 20.3 Å². The first-order valence-corrected chi connectivity index (χ1v) is 7.26. The van der Waals surface area contributed by atoms with E-state index >= 15 is 0 Å². The molecule has 3 heterocycles. The standard InChI is InChI=1S/C14H17N5O3/c1-20-9-4-2-3-8(5-9)14-16-17-18-19(14)11-7-22-12-10(15)6-21-13(11)12/h2-5,10-13H,6-7,15H2,1H3/p+1/t10-,11-,12+,13+/m0/s1. The molecule has 8 heteroatoms. The average Bonchev–Trinajstić information content (AvgIpc) is 3.25. The van der Waals surface area contributed by atoms with Crippen molar-refractivity contribution in [1.29, 1.82) is 0 Å². The molecule has 2 aromatic rings. The third-order valence-corrected chi connectivity index (χ3v) is 4.26. The molecule has 1 aromatic heterocycles. The molecule has 4 rings (SSSR count). The molecule has 2 aliphatic rings. The number of benzene rings is 1. The van der Waals surface area contributed by atoms with Crippen LogP contribution in [0.4, 0.5) is 0 Å². The molecule has 0 saturated carbocycles. The van der Waals surface area contributed by atoms with Crippen molar-refractivity contribution >= 4 is 0 Å². The predicted molar refractivity (Wildman–Crippen MR) is 75.0 cm³/mol. The van der Waals surface area contributed by atoms with Crippen LogP contribution in [0.3, 0.4) is 0 Å². The van der Waals surface area contributed by atoms with Crippen molar-refractivity contribution in [2.24, 2.45) is 0 Å². The summed E-state index contributed by atoms with van der Waals surface area (Å²) in [6, 6.07) is 7.80. The Balaban J connectivity index is 1.68. The molecule has 4 atom stereocenters. The van der Waals surface area contributed by atoms with Gasteiger partial charge in [0.15, 0.2) is 5.82 Å². The van der Waals surface area contributed by atoms with Crippen molar-refractivity contribution in [3.05, 3.63) is 24.3 Å². The first kappa shape index (κ1) is 13.6. The molecule has 3 N–H and O–H groups in total.